The molecule has 0 saturated carbocycles. The first-order chi connectivity index (χ1) is 10.3. The summed E-state index contributed by atoms with van der Waals surface area (Å²) in [4.78, 5) is 4.07. The van der Waals surface area contributed by atoms with E-state index in [0.29, 0.717) is 5.92 Å². The monoisotopic (exact) mass is 276 g/mol. The Morgan fingerprint density at radius 2 is 2.14 bits per heavy atom. The molecular formula is C17H17BN2O. The highest BCUT2D eigenvalue weighted by Crippen LogP contribution is 2.42. The molecule has 0 bridgehead atoms. The van der Waals surface area contributed by atoms with E-state index in [1.165, 1.54) is 5.56 Å². The SMILES string of the molecule is CB(C#N)CC1CCOc2c(-c3ccncc3)cccc21. The number of nitrogens with zero attached hydrogens (tertiary/aromatic N) is 2. The Kier molecular flexibility index (Phi) is 3.92. The summed E-state index contributed by atoms with van der Waals surface area (Å²) in [5.41, 5.74) is 3.47. The molecule has 2 heterocycles. The fraction of sp³-hybridized carbons (Fsp3) is 0.294. The smallest absolute Gasteiger partial charge is 0.265 e. The summed E-state index contributed by atoms with van der Waals surface area (Å²) in [7, 11) is 0. The summed E-state index contributed by atoms with van der Waals surface area (Å²) in [5.74, 6) is 3.72. The minimum Gasteiger partial charge on any atom is -0.493 e. The fourth-order valence-electron chi connectivity index (χ4n) is 2.98. The molecule has 0 aliphatic carbocycles. The van der Waals surface area contributed by atoms with Gasteiger partial charge in [-0.15, -0.1) is 0 Å². The van der Waals surface area contributed by atoms with E-state index in [1.54, 1.807) is 12.4 Å². The molecule has 2 aromatic rings. The van der Waals surface area contributed by atoms with Crippen molar-refractivity contribution in [2.45, 2.75) is 25.5 Å². The number of pyridine rings is 1. The molecule has 0 saturated heterocycles. The predicted molar refractivity (Wildman–Crippen MR) is 84.6 cm³/mol. The van der Waals surface area contributed by atoms with Crippen molar-refractivity contribution in [2.75, 3.05) is 6.61 Å². The number of ether oxygens (including phenoxy) is 1. The Balaban J connectivity index is 2.00. The van der Waals surface area contributed by atoms with Crippen LogP contribution in [0.5, 0.6) is 5.75 Å². The van der Waals surface area contributed by atoms with Crippen molar-refractivity contribution >= 4 is 6.71 Å². The second kappa shape index (κ2) is 6.01. The summed E-state index contributed by atoms with van der Waals surface area (Å²) >= 11 is 0. The predicted octanol–water partition coefficient (Wildman–Crippen LogP) is 3.80. The van der Waals surface area contributed by atoms with Crippen molar-refractivity contribution in [2.24, 2.45) is 0 Å². The van der Waals surface area contributed by atoms with Crippen molar-refractivity contribution in [3.05, 3.63) is 48.3 Å². The maximum absolute atomic E-state index is 9.06. The van der Waals surface area contributed by atoms with Gasteiger partial charge in [0.15, 0.2) is 0 Å². The van der Waals surface area contributed by atoms with E-state index in [9.17, 15) is 0 Å². The molecule has 4 heteroatoms. The van der Waals surface area contributed by atoms with Crippen LogP contribution in [0.1, 0.15) is 17.9 Å². The number of benzene rings is 1. The van der Waals surface area contributed by atoms with Crippen LogP contribution in [-0.2, 0) is 0 Å². The van der Waals surface area contributed by atoms with E-state index in [-0.39, 0.29) is 6.71 Å². The van der Waals surface area contributed by atoms with Gasteiger partial charge in [-0.2, -0.15) is 0 Å². The van der Waals surface area contributed by atoms with Crippen molar-refractivity contribution in [1.29, 1.82) is 5.26 Å². The van der Waals surface area contributed by atoms with E-state index in [2.05, 4.69) is 29.2 Å². The van der Waals surface area contributed by atoms with Crippen molar-refractivity contribution in [1.82, 2.24) is 4.98 Å². The fourth-order valence-corrected chi connectivity index (χ4v) is 2.98. The average Bonchev–Trinajstić information content (AvgIpc) is 2.55. The molecule has 1 aromatic carbocycles. The number of hydrogen-bond donors (Lipinski definition) is 0. The summed E-state index contributed by atoms with van der Waals surface area (Å²) in [6.07, 6.45) is 5.48. The van der Waals surface area contributed by atoms with Gasteiger partial charge in [0, 0.05) is 23.9 Å². The van der Waals surface area contributed by atoms with Crippen LogP contribution in [0.4, 0.5) is 0 Å². The second-order valence-electron chi connectivity index (χ2n) is 5.56. The highest BCUT2D eigenvalue weighted by Gasteiger charge is 2.26. The zero-order valence-electron chi connectivity index (χ0n) is 12.1. The van der Waals surface area contributed by atoms with Crippen LogP contribution in [0, 0.1) is 11.2 Å². The van der Waals surface area contributed by atoms with Crippen molar-refractivity contribution in [3.8, 4) is 22.8 Å². The molecule has 1 atom stereocenters. The lowest BCUT2D eigenvalue weighted by molar-refractivity contribution is 0.273. The van der Waals surface area contributed by atoms with Gasteiger partial charge in [0.05, 0.1) is 6.61 Å². The van der Waals surface area contributed by atoms with Crippen LogP contribution in [0.15, 0.2) is 42.7 Å². The first-order valence-corrected chi connectivity index (χ1v) is 7.35. The highest BCUT2D eigenvalue weighted by molar-refractivity contribution is 6.65. The third kappa shape index (κ3) is 2.78. The van der Waals surface area contributed by atoms with Gasteiger partial charge >= 0.3 is 0 Å². The third-order valence-electron chi connectivity index (χ3n) is 4.05. The van der Waals surface area contributed by atoms with Crippen molar-refractivity contribution in [3.63, 3.8) is 0 Å². The van der Waals surface area contributed by atoms with Crippen LogP contribution in [0.2, 0.25) is 13.1 Å². The van der Waals surface area contributed by atoms with Crippen LogP contribution < -0.4 is 4.74 Å². The van der Waals surface area contributed by atoms with E-state index < -0.39 is 0 Å². The quantitative estimate of drug-likeness (QED) is 0.801. The van der Waals surface area contributed by atoms with Gasteiger partial charge in [0.1, 0.15) is 5.75 Å². The van der Waals surface area contributed by atoms with E-state index in [1.807, 2.05) is 19.0 Å². The molecule has 0 amide bonds. The minimum absolute atomic E-state index is 0.0746. The molecule has 1 aliphatic heterocycles. The number of hydrogen-bond acceptors (Lipinski definition) is 3. The normalized spacial score (nSPS) is 16.5. The van der Waals surface area contributed by atoms with E-state index >= 15 is 0 Å². The zero-order valence-corrected chi connectivity index (χ0v) is 12.1. The first-order valence-electron chi connectivity index (χ1n) is 7.35. The van der Waals surface area contributed by atoms with Crippen LogP contribution in [0.3, 0.4) is 0 Å². The number of rotatable bonds is 3. The van der Waals surface area contributed by atoms with Gasteiger partial charge in [0.25, 0.3) is 6.71 Å². The standard InChI is InChI=1S/C17H17BN2O/c1-18(12-19)11-14-7-10-21-17-15(3-2-4-16(14)17)13-5-8-20-9-6-13/h2-6,8-9,14H,7,10-11H2,1H3. The summed E-state index contributed by atoms with van der Waals surface area (Å²) in [5, 5.41) is 9.06. The van der Waals surface area contributed by atoms with Gasteiger partial charge in [-0.3, -0.25) is 4.98 Å². The topological polar surface area (TPSA) is 45.9 Å². The van der Waals surface area contributed by atoms with Crippen LogP contribution >= 0.6 is 0 Å². The summed E-state index contributed by atoms with van der Waals surface area (Å²) in [6.45, 7) is 2.78. The average molecular weight is 276 g/mol. The van der Waals surface area contributed by atoms with E-state index in [0.717, 1.165) is 36.2 Å². The Morgan fingerprint density at radius 3 is 2.90 bits per heavy atom. The summed E-state index contributed by atoms with van der Waals surface area (Å²) in [6, 6.07) is 10.3. The minimum atomic E-state index is 0.0746. The molecule has 0 N–H and O–H groups in total. The molecule has 0 spiro atoms. The Bertz CT molecular complexity index is 666. The molecular weight excluding hydrogens is 259 g/mol. The van der Waals surface area contributed by atoms with Gasteiger partial charge in [-0.05, 0) is 35.6 Å². The molecule has 3 nitrogen and oxygen atoms in total. The lowest BCUT2D eigenvalue weighted by atomic mass is 9.48. The molecule has 1 unspecified atom stereocenters. The molecule has 1 aromatic heterocycles. The maximum atomic E-state index is 9.06. The van der Waals surface area contributed by atoms with Crippen LogP contribution in [-0.4, -0.2) is 18.3 Å². The third-order valence-corrected chi connectivity index (χ3v) is 4.05. The number of para-hydroxylation sites is 1. The lowest BCUT2D eigenvalue weighted by Crippen LogP contribution is -2.19. The van der Waals surface area contributed by atoms with Gasteiger partial charge in [0.2, 0.25) is 0 Å². The van der Waals surface area contributed by atoms with Gasteiger partial charge < -0.3 is 4.74 Å². The highest BCUT2D eigenvalue weighted by atomic mass is 16.5. The van der Waals surface area contributed by atoms with Gasteiger partial charge in [-0.25, -0.2) is 5.26 Å². The molecule has 21 heavy (non-hydrogen) atoms. The van der Waals surface area contributed by atoms with Crippen molar-refractivity contribution < 1.29 is 4.74 Å². The first kappa shape index (κ1) is 13.7. The van der Waals surface area contributed by atoms with Gasteiger partial charge in [-0.1, -0.05) is 31.3 Å². The molecule has 0 fully saturated rings. The molecule has 1 aliphatic rings. The second-order valence-corrected chi connectivity index (χ2v) is 5.56. The van der Waals surface area contributed by atoms with Crippen LogP contribution in [0.25, 0.3) is 11.1 Å². The lowest BCUT2D eigenvalue weighted by Gasteiger charge is -2.28. The Labute approximate surface area is 125 Å². The Morgan fingerprint density at radius 1 is 1.33 bits per heavy atom. The zero-order chi connectivity index (χ0) is 14.7. The number of aromatic nitrogens is 1. The largest absolute Gasteiger partial charge is 0.493 e. The maximum Gasteiger partial charge on any atom is 0.265 e. The number of nitriles is 1. The molecule has 3 rings (SSSR count). The Hall–Kier alpha value is -2.28. The number of fused-ring (bicyclic) bond motifs is 1. The summed E-state index contributed by atoms with van der Waals surface area (Å²) < 4.78 is 5.95. The molecule has 0 radical (unpaired) electrons. The van der Waals surface area contributed by atoms with E-state index in [4.69, 9.17) is 10.00 Å². The molecule has 104 valence electrons.